The highest BCUT2D eigenvalue weighted by Crippen LogP contribution is 2.16. The molecule has 0 atom stereocenters. The van der Waals surface area contributed by atoms with Crippen LogP contribution < -0.4 is 5.56 Å². The molecule has 0 radical (unpaired) electrons. The molecule has 0 saturated heterocycles. The molecule has 0 spiro atoms. The molecule has 2 rings (SSSR count). The van der Waals surface area contributed by atoms with Gasteiger partial charge in [-0.2, -0.15) is 0 Å². The predicted octanol–water partition coefficient (Wildman–Crippen LogP) is 1.80. The van der Waals surface area contributed by atoms with Crippen molar-refractivity contribution in [3.05, 3.63) is 49.1 Å². The van der Waals surface area contributed by atoms with Crippen molar-refractivity contribution in [2.45, 2.75) is 20.4 Å². The van der Waals surface area contributed by atoms with Crippen LogP contribution in [-0.4, -0.2) is 20.6 Å². The van der Waals surface area contributed by atoms with Gasteiger partial charge in [-0.05, 0) is 42.5 Å². The Morgan fingerprint density at radius 3 is 2.79 bits per heavy atom. The Morgan fingerprint density at radius 2 is 2.21 bits per heavy atom. The van der Waals surface area contributed by atoms with E-state index in [-0.39, 0.29) is 17.9 Å². The SMILES string of the molecule is Cc1oc(C(=O)O)cc1Cn1c(C)ncc(I)c1=O. The van der Waals surface area contributed by atoms with E-state index in [0.717, 1.165) is 0 Å². The van der Waals surface area contributed by atoms with Gasteiger partial charge in [-0.3, -0.25) is 9.36 Å². The monoisotopic (exact) mass is 374 g/mol. The molecule has 0 aliphatic heterocycles. The normalized spacial score (nSPS) is 10.7. The zero-order chi connectivity index (χ0) is 14.2. The summed E-state index contributed by atoms with van der Waals surface area (Å²) in [7, 11) is 0. The summed E-state index contributed by atoms with van der Waals surface area (Å²) in [6, 6.07) is 1.43. The minimum absolute atomic E-state index is 0.128. The lowest BCUT2D eigenvalue weighted by Crippen LogP contribution is -2.26. The van der Waals surface area contributed by atoms with Gasteiger partial charge >= 0.3 is 5.97 Å². The van der Waals surface area contributed by atoms with E-state index in [1.165, 1.54) is 16.8 Å². The van der Waals surface area contributed by atoms with Gasteiger partial charge in [0.1, 0.15) is 11.6 Å². The highest BCUT2D eigenvalue weighted by Gasteiger charge is 2.15. The van der Waals surface area contributed by atoms with E-state index in [4.69, 9.17) is 9.52 Å². The standard InChI is InChI=1S/C12H11IN2O4/c1-6-8(3-10(19-6)12(17)18)5-15-7(2)14-4-9(13)11(15)16/h3-4H,5H2,1-2H3,(H,17,18). The molecule has 2 heterocycles. The van der Waals surface area contributed by atoms with Gasteiger partial charge in [0.25, 0.3) is 5.56 Å². The zero-order valence-electron chi connectivity index (χ0n) is 10.3. The van der Waals surface area contributed by atoms with Gasteiger partial charge in [0.15, 0.2) is 0 Å². The average molecular weight is 374 g/mol. The highest BCUT2D eigenvalue weighted by atomic mass is 127. The van der Waals surface area contributed by atoms with Crippen LogP contribution in [0.3, 0.4) is 0 Å². The third-order valence-electron chi connectivity index (χ3n) is 2.76. The molecule has 0 saturated carbocycles. The minimum atomic E-state index is -1.13. The largest absolute Gasteiger partial charge is 0.475 e. The van der Waals surface area contributed by atoms with Gasteiger partial charge in [-0.15, -0.1) is 0 Å². The minimum Gasteiger partial charge on any atom is -0.475 e. The van der Waals surface area contributed by atoms with E-state index in [1.807, 2.05) is 22.6 Å². The Morgan fingerprint density at radius 1 is 1.53 bits per heavy atom. The van der Waals surface area contributed by atoms with Crippen LogP contribution in [0.1, 0.15) is 27.7 Å². The first-order valence-electron chi connectivity index (χ1n) is 5.44. The van der Waals surface area contributed by atoms with Gasteiger partial charge in [0, 0.05) is 11.8 Å². The summed E-state index contributed by atoms with van der Waals surface area (Å²) in [6.45, 7) is 3.64. The van der Waals surface area contributed by atoms with Crippen LogP contribution in [0.2, 0.25) is 0 Å². The summed E-state index contributed by atoms with van der Waals surface area (Å²) in [4.78, 5) is 27.0. The summed E-state index contributed by atoms with van der Waals surface area (Å²) in [5.41, 5.74) is 0.511. The maximum atomic E-state index is 12.0. The van der Waals surface area contributed by atoms with E-state index in [9.17, 15) is 9.59 Å². The lowest BCUT2D eigenvalue weighted by Gasteiger charge is -2.08. The molecule has 2 aromatic rings. The maximum Gasteiger partial charge on any atom is 0.371 e. The first kappa shape index (κ1) is 13.8. The Balaban J connectivity index is 2.45. The van der Waals surface area contributed by atoms with Crippen LogP contribution in [0.25, 0.3) is 0 Å². The third kappa shape index (κ3) is 2.70. The van der Waals surface area contributed by atoms with Crippen molar-refractivity contribution in [1.82, 2.24) is 9.55 Å². The van der Waals surface area contributed by atoms with Crippen molar-refractivity contribution >= 4 is 28.6 Å². The number of aromatic carboxylic acids is 1. The number of carbonyl (C=O) groups is 1. The molecule has 7 heteroatoms. The molecular weight excluding hydrogens is 363 g/mol. The number of furan rings is 1. The van der Waals surface area contributed by atoms with Gasteiger partial charge < -0.3 is 9.52 Å². The van der Waals surface area contributed by atoms with Gasteiger partial charge in [-0.25, -0.2) is 9.78 Å². The smallest absolute Gasteiger partial charge is 0.371 e. The second kappa shape index (κ2) is 5.16. The zero-order valence-corrected chi connectivity index (χ0v) is 12.5. The number of halogens is 1. The number of aryl methyl sites for hydroxylation is 2. The first-order valence-corrected chi connectivity index (χ1v) is 6.52. The lowest BCUT2D eigenvalue weighted by atomic mass is 10.2. The molecule has 19 heavy (non-hydrogen) atoms. The molecule has 1 N–H and O–H groups in total. The Hall–Kier alpha value is -1.64. The van der Waals surface area contributed by atoms with E-state index in [2.05, 4.69) is 4.98 Å². The summed E-state index contributed by atoms with van der Waals surface area (Å²) >= 11 is 1.92. The van der Waals surface area contributed by atoms with Crippen LogP contribution in [0, 0.1) is 17.4 Å². The maximum absolute atomic E-state index is 12.0. The molecule has 0 aliphatic rings. The van der Waals surface area contributed by atoms with Crippen molar-refractivity contribution in [2.75, 3.05) is 0 Å². The van der Waals surface area contributed by atoms with Crippen molar-refractivity contribution in [3.63, 3.8) is 0 Å². The number of hydrogen-bond acceptors (Lipinski definition) is 4. The molecule has 0 unspecified atom stereocenters. The van der Waals surface area contributed by atoms with Gasteiger partial charge in [0.05, 0.1) is 10.1 Å². The highest BCUT2D eigenvalue weighted by molar-refractivity contribution is 14.1. The molecule has 0 fully saturated rings. The van der Waals surface area contributed by atoms with Gasteiger partial charge in [0.2, 0.25) is 5.76 Å². The summed E-state index contributed by atoms with van der Waals surface area (Å²) in [5.74, 6) is -0.193. The molecule has 100 valence electrons. The fourth-order valence-corrected chi connectivity index (χ4v) is 2.12. The second-order valence-corrected chi connectivity index (χ2v) is 5.20. The van der Waals surface area contributed by atoms with Crippen molar-refractivity contribution in [3.8, 4) is 0 Å². The summed E-state index contributed by atoms with van der Waals surface area (Å²) < 4.78 is 7.13. The van der Waals surface area contributed by atoms with Gasteiger partial charge in [-0.1, -0.05) is 0 Å². The summed E-state index contributed by atoms with van der Waals surface area (Å²) in [6.07, 6.45) is 1.51. The summed E-state index contributed by atoms with van der Waals surface area (Å²) in [5, 5.41) is 8.87. The van der Waals surface area contributed by atoms with E-state index < -0.39 is 5.97 Å². The molecule has 0 aliphatic carbocycles. The third-order valence-corrected chi connectivity index (χ3v) is 3.50. The molecule has 0 bridgehead atoms. The van der Waals surface area contributed by atoms with Crippen LogP contribution in [0.15, 0.2) is 21.5 Å². The van der Waals surface area contributed by atoms with Crippen LogP contribution in [0.5, 0.6) is 0 Å². The molecule has 6 nitrogen and oxygen atoms in total. The first-order chi connectivity index (χ1) is 8.90. The quantitative estimate of drug-likeness (QED) is 0.829. The molecule has 2 aromatic heterocycles. The van der Waals surface area contributed by atoms with Crippen molar-refractivity contribution < 1.29 is 14.3 Å². The van der Waals surface area contributed by atoms with E-state index in [0.29, 0.717) is 20.7 Å². The van der Waals surface area contributed by atoms with Crippen LogP contribution in [0.4, 0.5) is 0 Å². The number of rotatable bonds is 3. The Bertz CT molecular complexity index is 702. The fraction of sp³-hybridized carbons (Fsp3) is 0.250. The number of carboxylic acids is 1. The van der Waals surface area contributed by atoms with E-state index >= 15 is 0 Å². The number of nitrogens with zero attached hydrogens (tertiary/aromatic N) is 2. The van der Waals surface area contributed by atoms with Crippen molar-refractivity contribution in [2.24, 2.45) is 0 Å². The predicted molar refractivity (Wildman–Crippen MR) is 75.5 cm³/mol. The number of aromatic nitrogens is 2. The van der Waals surface area contributed by atoms with Crippen molar-refractivity contribution in [1.29, 1.82) is 0 Å². The van der Waals surface area contributed by atoms with E-state index in [1.54, 1.807) is 13.8 Å². The number of carboxylic acid groups (broad SMARTS) is 1. The number of hydrogen-bond donors (Lipinski definition) is 1. The topological polar surface area (TPSA) is 85.3 Å². The molecule has 0 amide bonds. The van der Waals surface area contributed by atoms with Crippen LogP contribution in [-0.2, 0) is 6.54 Å². The Labute approximate surface area is 122 Å². The second-order valence-electron chi connectivity index (χ2n) is 4.04. The lowest BCUT2D eigenvalue weighted by molar-refractivity contribution is 0.0661. The molecule has 0 aromatic carbocycles. The van der Waals surface area contributed by atoms with Crippen LogP contribution >= 0.6 is 22.6 Å². The average Bonchev–Trinajstić information content (AvgIpc) is 2.72. The fourth-order valence-electron chi connectivity index (χ4n) is 1.69. The Kier molecular flexibility index (Phi) is 3.74. The molecular formula is C12H11IN2O4.